The molecule has 15 heavy (non-hydrogen) atoms. The number of nitrogens with zero attached hydrogens (tertiary/aromatic N) is 2. The summed E-state index contributed by atoms with van der Waals surface area (Å²) >= 11 is 0. The third-order valence-corrected chi connectivity index (χ3v) is 2.84. The van der Waals surface area contributed by atoms with Crippen LogP contribution >= 0.6 is 0 Å². The Labute approximate surface area is 93.4 Å². The van der Waals surface area contributed by atoms with E-state index in [1.807, 2.05) is 9.80 Å². The van der Waals surface area contributed by atoms with Crippen LogP contribution < -0.4 is 0 Å². The Balaban J connectivity index is 2.86. The second-order valence-electron chi connectivity index (χ2n) is 6.28. The molecule has 1 fully saturated rings. The predicted octanol–water partition coefficient (Wildman–Crippen LogP) is 2.71. The molecule has 0 aromatic carbocycles. The van der Waals surface area contributed by atoms with Crippen molar-refractivity contribution in [2.45, 2.75) is 59.0 Å². The minimum absolute atomic E-state index is 0.0684. The second-order valence-corrected chi connectivity index (χ2v) is 6.28. The molecular formula is C12H24N2O. The van der Waals surface area contributed by atoms with E-state index in [9.17, 15) is 4.79 Å². The number of rotatable bonds is 0. The van der Waals surface area contributed by atoms with Crippen LogP contribution in [0.3, 0.4) is 0 Å². The summed E-state index contributed by atoms with van der Waals surface area (Å²) in [6.07, 6.45) is 1.07. The van der Waals surface area contributed by atoms with Crippen molar-refractivity contribution in [3.63, 3.8) is 0 Å². The molecule has 0 atom stereocenters. The van der Waals surface area contributed by atoms with Gasteiger partial charge in [0.1, 0.15) is 0 Å². The first-order valence-corrected chi connectivity index (χ1v) is 5.73. The number of amides is 2. The largest absolute Gasteiger partial charge is 0.320 e. The Bertz CT molecular complexity index is 223. The van der Waals surface area contributed by atoms with E-state index in [1.165, 1.54) is 0 Å². The summed E-state index contributed by atoms with van der Waals surface area (Å²) in [6.45, 7) is 14.3. The third-order valence-electron chi connectivity index (χ3n) is 2.84. The molecular weight excluding hydrogens is 188 g/mol. The fourth-order valence-electron chi connectivity index (χ4n) is 1.97. The first kappa shape index (κ1) is 12.3. The molecule has 0 bridgehead atoms. The van der Waals surface area contributed by atoms with Crippen LogP contribution in [0.2, 0.25) is 0 Å². The van der Waals surface area contributed by atoms with Gasteiger partial charge in [-0.25, -0.2) is 4.79 Å². The van der Waals surface area contributed by atoms with Crippen LogP contribution in [0, 0.1) is 0 Å². The second kappa shape index (κ2) is 3.69. The van der Waals surface area contributed by atoms with E-state index in [1.54, 1.807) is 0 Å². The van der Waals surface area contributed by atoms with Gasteiger partial charge in [0, 0.05) is 24.2 Å². The number of hydrogen-bond acceptors (Lipinski definition) is 1. The maximum Gasteiger partial charge on any atom is 0.320 e. The molecule has 0 unspecified atom stereocenters. The average Bonchev–Trinajstić information content (AvgIpc) is 1.99. The standard InChI is InChI=1S/C12H24N2O/c1-11(2,3)13-8-7-9-14(10(13)15)12(4,5)6/h7-9H2,1-6H3. The highest BCUT2D eigenvalue weighted by atomic mass is 16.2. The molecule has 2 amide bonds. The lowest BCUT2D eigenvalue weighted by atomic mass is 10.0. The van der Waals surface area contributed by atoms with Gasteiger partial charge >= 0.3 is 6.03 Å². The fraction of sp³-hybridized carbons (Fsp3) is 0.917. The van der Waals surface area contributed by atoms with Gasteiger partial charge < -0.3 is 9.80 Å². The smallest absolute Gasteiger partial charge is 0.320 e. The van der Waals surface area contributed by atoms with Crippen molar-refractivity contribution in [1.29, 1.82) is 0 Å². The zero-order valence-corrected chi connectivity index (χ0v) is 10.9. The molecule has 0 N–H and O–H groups in total. The highest BCUT2D eigenvalue weighted by Gasteiger charge is 2.37. The van der Waals surface area contributed by atoms with Crippen molar-refractivity contribution in [1.82, 2.24) is 9.80 Å². The summed E-state index contributed by atoms with van der Waals surface area (Å²) in [4.78, 5) is 16.2. The highest BCUT2D eigenvalue weighted by molar-refractivity contribution is 5.76. The van der Waals surface area contributed by atoms with Crippen LogP contribution in [0.15, 0.2) is 0 Å². The quantitative estimate of drug-likeness (QED) is 0.605. The van der Waals surface area contributed by atoms with Crippen molar-refractivity contribution < 1.29 is 4.79 Å². The van der Waals surface area contributed by atoms with Gasteiger partial charge in [0.05, 0.1) is 0 Å². The van der Waals surface area contributed by atoms with Crippen LogP contribution in [-0.4, -0.2) is 40.0 Å². The Hall–Kier alpha value is -0.730. The van der Waals surface area contributed by atoms with Crippen LogP contribution in [0.5, 0.6) is 0 Å². The van der Waals surface area contributed by atoms with Crippen molar-refractivity contribution in [3.05, 3.63) is 0 Å². The molecule has 0 aromatic rings. The monoisotopic (exact) mass is 212 g/mol. The normalized spacial score (nSPS) is 19.7. The minimum Gasteiger partial charge on any atom is -0.320 e. The van der Waals surface area contributed by atoms with Crippen LogP contribution in [0.25, 0.3) is 0 Å². The Kier molecular flexibility index (Phi) is 3.04. The number of carbonyl (C=O) groups is 1. The SMILES string of the molecule is CC(C)(C)N1CCCN(C(C)(C)C)C1=O. The van der Waals surface area contributed by atoms with E-state index in [2.05, 4.69) is 41.5 Å². The van der Waals surface area contributed by atoms with Crippen molar-refractivity contribution in [3.8, 4) is 0 Å². The van der Waals surface area contributed by atoms with Gasteiger partial charge in [0.2, 0.25) is 0 Å². The topological polar surface area (TPSA) is 23.6 Å². The number of hydrogen-bond donors (Lipinski definition) is 0. The van der Waals surface area contributed by atoms with E-state index in [0.717, 1.165) is 19.5 Å². The molecule has 0 saturated carbocycles. The molecule has 88 valence electrons. The average molecular weight is 212 g/mol. The Morgan fingerprint density at radius 3 is 1.47 bits per heavy atom. The van der Waals surface area contributed by atoms with Gasteiger partial charge in [0.25, 0.3) is 0 Å². The Morgan fingerprint density at radius 2 is 1.20 bits per heavy atom. The van der Waals surface area contributed by atoms with E-state index in [-0.39, 0.29) is 17.1 Å². The summed E-state index contributed by atoms with van der Waals surface area (Å²) in [5, 5.41) is 0. The molecule has 0 spiro atoms. The van der Waals surface area contributed by atoms with E-state index in [4.69, 9.17) is 0 Å². The Morgan fingerprint density at radius 1 is 0.867 bits per heavy atom. The van der Waals surface area contributed by atoms with Crippen molar-refractivity contribution >= 4 is 6.03 Å². The van der Waals surface area contributed by atoms with Gasteiger partial charge in [-0.1, -0.05) is 0 Å². The van der Waals surface area contributed by atoms with Crippen molar-refractivity contribution in [2.24, 2.45) is 0 Å². The van der Waals surface area contributed by atoms with Gasteiger partial charge in [-0.05, 0) is 48.0 Å². The summed E-state index contributed by atoms with van der Waals surface area (Å²) < 4.78 is 0. The first-order valence-electron chi connectivity index (χ1n) is 5.73. The minimum atomic E-state index is -0.0684. The molecule has 1 heterocycles. The van der Waals surface area contributed by atoms with E-state index >= 15 is 0 Å². The molecule has 0 aromatic heterocycles. The number of urea groups is 1. The van der Waals surface area contributed by atoms with Gasteiger partial charge in [-0.2, -0.15) is 0 Å². The molecule has 1 aliphatic heterocycles. The lowest BCUT2D eigenvalue weighted by Crippen LogP contribution is -2.60. The summed E-state index contributed by atoms with van der Waals surface area (Å²) in [5.74, 6) is 0. The van der Waals surface area contributed by atoms with E-state index < -0.39 is 0 Å². The number of carbonyl (C=O) groups excluding carboxylic acids is 1. The molecule has 0 radical (unpaired) electrons. The van der Waals surface area contributed by atoms with Gasteiger partial charge in [-0.15, -0.1) is 0 Å². The summed E-state index contributed by atoms with van der Waals surface area (Å²) in [6, 6.07) is 0.182. The van der Waals surface area contributed by atoms with Gasteiger partial charge in [0.15, 0.2) is 0 Å². The predicted molar refractivity (Wildman–Crippen MR) is 62.9 cm³/mol. The zero-order chi connectivity index (χ0) is 11.9. The molecule has 1 aliphatic rings. The summed E-state index contributed by atoms with van der Waals surface area (Å²) in [7, 11) is 0. The molecule has 1 saturated heterocycles. The van der Waals surface area contributed by atoms with Gasteiger partial charge in [-0.3, -0.25) is 0 Å². The summed E-state index contributed by atoms with van der Waals surface area (Å²) in [5.41, 5.74) is -0.137. The highest BCUT2D eigenvalue weighted by Crippen LogP contribution is 2.25. The van der Waals surface area contributed by atoms with Crippen LogP contribution in [-0.2, 0) is 0 Å². The molecule has 1 rings (SSSR count). The fourth-order valence-corrected chi connectivity index (χ4v) is 1.97. The van der Waals surface area contributed by atoms with Crippen LogP contribution in [0.1, 0.15) is 48.0 Å². The van der Waals surface area contributed by atoms with Crippen molar-refractivity contribution in [2.75, 3.05) is 13.1 Å². The molecule has 0 aliphatic carbocycles. The third kappa shape index (κ3) is 2.64. The lowest BCUT2D eigenvalue weighted by Gasteiger charge is -2.47. The molecule has 3 heteroatoms. The maximum absolute atomic E-state index is 12.3. The first-order chi connectivity index (χ1) is 6.64. The van der Waals surface area contributed by atoms with Crippen LogP contribution in [0.4, 0.5) is 4.79 Å². The molecule has 3 nitrogen and oxygen atoms in total. The maximum atomic E-state index is 12.3. The lowest BCUT2D eigenvalue weighted by molar-refractivity contribution is 0.0515. The zero-order valence-electron chi connectivity index (χ0n) is 10.9. The van der Waals surface area contributed by atoms with E-state index in [0.29, 0.717) is 0 Å².